The number of aryl methyl sites for hydroxylation is 3. The van der Waals surface area contributed by atoms with Crippen molar-refractivity contribution in [3.05, 3.63) is 384 Å². The smallest absolute Gasteiger partial charge is 0.274 e. The number of aromatic amines is 1. The van der Waals surface area contributed by atoms with E-state index in [0.717, 1.165) is 42.2 Å². The van der Waals surface area contributed by atoms with E-state index in [0.29, 0.717) is 89.9 Å². The minimum Gasteiger partial charge on any atom is -0.486 e. The first-order chi connectivity index (χ1) is 59.9. The monoisotopic (exact) mass is 1710 g/mol. The van der Waals surface area contributed by atoms with E-state index in [1.54, 1.807) is 93.4 Å². The third-order valence-electron chi connectivity index (χ3n) is 21.2. The molecule has 0 unspecified atom stereocenters. The molecule has 1 aliphatic rings. The van der Waals surface area contributed by atoms with Crippen molar-refractivity contribution in [1.82, 2.24) is 60.1 Å². The number of hydrogen-bond donors (Lipinski definition) is 10. The highest BCUT2D eigenvalue weighted by molar-refractivity contribution is 6.30. The predicted octanol–water partition coefficient (Wildman–Crippen LogP) is 13.3. The Labute approximate surface area is 715 Å². The number of aliphatic hydroxyl groups is 1. The number of rotatable bonds is 19. The third kappa shape index (κ3) is 22.0. The van der Waals surface area contributed by atoms with Gasteiger partial charge in [0.05, 0.1) is 65.0 Å². The van der Waals surface area contributed by atoms with Crippen molar-refractivity contribution in [2.75, 3.05) is 6.61 Å². The number of benzene rings is 10. The second kappa shape index (κ2) is 39.9. The van der Waals surface area contributed by atoms with Gasteiger partial charge < -0.3 is 24.0 Å². The number of aromatic nitrogens is 8. The zero-order chi connectivity index (χ0) is 89.4. The topological polar surface area (TPSA) is 403 Å². The molecule has 0 spiro atoms. The molecule has 0 atom stereocenters. The van der Waals surface area contributed by atoms with Crippen LogP contribution in [-0.2, 0) is 50.0 Å². The lowest BCUT2D eigenvalue weighted by Crippen LogP contribution is -2.34. The van der Waals surface area contributed by atoms with Gasteiger partial charge in [-0.2, -0.15) is 0 Å². The summed E-state index contributed by atoms with van der Waals surface area (Å²) in [6, 6.07) is 60.1. The van der Waals surface area contributed by atoms with Crippen LogP contribution < -0.4 is 54.5 Å². The molecule has 125 heavy (non-hydrogen) atoms. The summed E-state index contributed by atoms with van der Waals surface area (Å²) >= 11 is 5.87. The molecule has 5 heterocycles. The Morgan fingerprint density at radius 1 is 0.464 bits per heavy atom. The maximum atomic E-state index is 13.2. The first-order valence-corrected chi connectivity index (χ1v) is 39.6. The number of Topliss-reactive ketones (excluding diaryl/α,β-unsaturated/α-hetero) is 1. The molecular formula is C94H85ClF2N12O16. The predicted molar refractivity (Wildman–Crippen MR) is 466 cm³/mol. The van der Waals surface area contributed by atoms with E-state index >= 15 is 0 Å². The average Bonchev–Trinajstić information content (AvgIpc) is 0.751. The lowest BCUT2D eigenvalue weighted by atomic mass is 9.63. The summed E-state index contributed by atoms with van der Waals surface area (Å²) in [6.07, 6.45) is 10.2. The van der Waals surface area contributed by atoms with Crippen molar-refractivity contribution >= 4 is 95.3 Å². The molecule has 28 nitrogen and oxygen atoms in total. The van der Waals surface area contributed by atoms with Crippen LogP contribution in [0.15, 0.2) is 267 Å². The highest BCUT2D eigenvalue weighted by Gasteiger charge is 2.37. The summed E-state index contributed by atoms with van der Waals surface area (Å²) in [4.78, 5) is 136. The van der Waals surface area contributed by atoms with Crippen molar-refractivity contribution < 1.29 is 63.4 Å². The Kier molecular flexibility index (Phi) is 28.6. The van der Waals surface area contributed by atoms with Crippen LogP contribution >= 0.6 is 11.6 Å². The molecule has 0 radical (unpaired) electrons. The van der Waals surface area contributed by atoms with Crippen LogP contribution in [0.4, 0.5) is 8.78 Å². The molecule has 0 bridgehead atoms. The number of hydrogen-bond acceptors (Lipinski definition) is 19. The molecule has 638 valence electrons. The lowest BCUT2D eigenvalue weighted by Gasteiger charge is -2.42. The number of nitrogens with zero attached hydrogens (tertiary/aromatic N) is 7. The normalized spacial score (nSPS) is 12.2. The maximum Gasteiger partial charge on any atom is 0.274 e. The Hall–Kier alpha value is -14.7. The summed E-state index contributed by atoms with van der Waals surface area (Å²) in [5.41, 5.74) is 14.9. The van der Waals surface area contributed by atoms with E-state index in [9.17, 15) is 56.7 Å². The molecular weight excluding hydrogens is 1630 g/mol. The summed E-state index contributed by atoms with van der Waals surface area (Å²) in [5, 5.41) is 47.8. The molecule has 16 rings (SSSR count). The van der Waals surface area contributed by atoms with E-state index in [2.05, 4.69) is 65.8 Å². The fraction of sp³-hybridized carbons (Fsp3) is 0.181. The molecule has 0 fully saturated rings. The van der Waals surface area contributed by atoms with Gasteiger partial charge in [0.15, 0.2) is 5.78 Å². The molecule has 10 N–H and O–H groups in total. The number of ether oxygens (including phenoxy) is 1. The molecule has 1 aliphatic carbocycles. The van der Waals surface area contributed by atoms with E-state index in [1.165, 1.54) is 134 Å². The minimum absolute atomic E-state index is 0.0972. The molecule has 0 aliphatic heterocycles. The van der Waals surface area contributed by atoms with Crippen LogP contribution in [0.1, 0.15) is 144 Å². The standard InChI is InChI=1S/C24H27N3O3.C19H17ClN2O3.C18H16N2O4.C17H13FN2O3.C16H12FN3O3/c1-23(2)9-10-24(3,4)19-11-15(5-7-18(19)23)13-27-14-25-20-8-6-16(21(28)26-30)12-17(20)22(27)29;20-16-7-3-13(4-8-16)2-1-10-22-11-9-14-5-6-15(18(23)21-25)12-17(14)19(22)24;1-11-3-2-4-13(7-11)24-10-17-19-15-8-12(16(22)9-21)5-6-14(15)18(23)20-17;18-14-3-1-2-11(8-14)10-20-7-6-12-4-5-13(16(21)19-23)9-15(12)17(20)22;17-12-3-1-2-10(6-12)8-20-9-18-14-5-4-11(15(21)19-23)7-13(14)16(20)22/h5-8,11-12,14,30H,9-10,13H2,1-4H3,(H,26,28);3-9,11-12,25H,1-2,10H2,(H,21,23);2-8,21H,9-10H2,1H3,(H,19,20,23);1-9,23H,10H2,(H,19,21);1-7,9,23H,8H2,(H,19,21). The van der Waals surface area contributed by atoms with Crippen molar-refractivity contribution in [3.8, 4) is 5.75 Å². The Balaban J connectivity index is 0.000000143. The fourth-order valence-corrected chi connectivity index (χ4v) is 14.4. The number of pyridine rings is 2. The highest BCUT2D eigenvalue weighted by atomic mass is 35.5. The van der Waals surface area contributed by atoms with Crippen molar-refractivity contribution in [2.24, 2.45) is 0 Å². The number of halogens is 3. The fourth-order valence-electron chi connectivity index (χ4n) is 14.3. The lowest BCUT2D eigenvalue weighted by molar-refractivity contribution is 0.0702. The van der Waals surface area contributed by atoms with E-state index < -0.39 is 36.0 Å². The van der Waals surface area contributed by atoms with Gasteiger partial charge in [0, 0.05) is 62.6 Å². The number of ketones is 1. The van der Waals surface area contributed by atoms with Gasteiger partial charge in [0.1, 0.15) is 36.4 Å². The molecule has 31 heteroatoms. The van der Waals surface area contributed by atoms with Gasteiger partial charge in [-0.15, -0.1) is 0 Å². The summed E-state index contributed by atoms with van der Waals surface area (Å²) < 4.78 is 38.1. The number of aliphatic hydroxyl groups excluding tert-OH is 1. The summed E-state index contributed by atoms with van der Waals surface area (Å²) in [5.74, 6) is -2.82. The van der Waals surface area contributed by atoms with Crippen LogP contribution in [0.3, 0.4) is 0 Å². The second-order valence-corrected chi connectivity index (χ2v) is 31.3. The van der Waals surface area contributed by atoms with E-state index in [1.807, 2.05) is 61.5 Å². The maximum absolute atomic E-state index is 13.2. The van der Waals surface area contributed by atoms with Gasteiger partial charge in [-0.1, -0.05) is 124 Å². The molecule has 5 aromatic heterocycles. The quantitative estimate of drug-likeness (QED) is 0.0204. The number of fused-ring (bicyclic) bond motifs is 6. The first kappa shape index (κ1) is 89.6. The van der Waals surface area contributed by atoms with Crippen LogP contribution in [0.5, 0.6) is 5.75 Å². The number of carbonyl (C=O) groups is 5. The largest absolute Gasteiger partial charge is 0.486 e. The van der Waals surface area contributed by atoms with Crippen molar-refractivity contribution in [3.63, 3.8) is 0 Å². The minimum atomic E-state index is -0.716. The zero-order valence-corrected chi connectivity index (χ0v) is 68.9. The number of hydroxylamine groups is 4. The van der Waals surface area contributed by atoms with Gasteiger partial charge in [-0.3, -0.25) is 77.9 Å². The second-order valence-electron chi connectivity index (χ2n) is 30.8. The zero-order valence-electron chi connectivity index (χ0n) is 68.2. The molecule has 15 aromatic rings. The number of H-pyrrole nitrogens is 1. The highest BCUT2D eigenvalue weighted by Crippen LogP contribution is 2.46. The van der Waals surface area contributed by atoms with Crippen LogP contribution in [0.2, 0.25) is 5.02 Å². The van der Waals surface area contributed by atoms with Crippen LogP contribution in [-0.4, -0.2) is 100 Å². The number of nitrogens with one attached hydrogen (secondary N) is 5. The Bertz CT molecular complexity index is 6800. The van der Waals surface area contributed by atoms with Crippen molar-refractivity contribution in [1.29, 1.82) is 0 Å². The molecule has 10 aromatic carbocycles. The Morgan fingerprint density at radius 2 is 0.920 bits per heavy atom. The summed E-state index contributed by atoms with van der Waals surface area (Å²) in [7, 11) is 0. The molecule has 0 saturated carbocycles. The first-order valence-electron chi connectivity index (χ1n) is 39.2. The third-order valence-corrected chi connectivity index (χ3v) is 21.4. The SMILES string of the molecule is CC1(C)CCC(C)(C)c2cc(Cn3cnc4ccc(C(=O)NO)cc4c3=O)ccc21.Cc1cccc(OCc2nc3cc(C(=O)CO)ccc3c(=O)[nH]2)c1.O=C(NO)c1ccc2ccn(CCCc3ccc(Cl)cc3)c(=O)c2c1.O=C(NO)c1ccc2ccn(Cc3cccc(F)c3)c(=O)c2c1.O=C(NO)c1ccc2ncn(Cc3cccc(F)c3)c(=O)c2c1. The average molecular weight is 1710 g/mol. The van der Waals surface area contributed by atoms with Gasteiger partial charge >= 0.3 is 0 Å². The van der Waals surface area contributed by atoms with Gasteiger partial charge in [0.2, 0.25) is 0 Å². The molecule has 0 saturated heterocycles. The van der Waals surface area contributed by atoms with E-state index in [-0.39, 0.29) is 97.6 Å². The van der Waals surface area contributed by atoms with Gasteiger partial charge in [-0.05, 0) is 227 Å². The van der Waals surface area contributed by atoms with E-state index in [4.69, 9.17) is 42.3 Å². The number of carbonyl (C=O) groups excluding carboxylic acids is 5. The van der Waals surface area contributed by atoms with Crippen LogP contribution in [0.25, 0.3) is 54.3 Å². The van der Waals surface area contributed by atoms with Crippen LogP contribution in [0, 0.1) is 18.6 Å². The number of amides is 4. The van der Waals surface area contributed by atoms with Crippen molar-refractivity contribution in [2.45, 2.75) is 104 Å². The van der Waals surface area contributed by atoms with Gasteiger partial charge in [0.25, 0.3) is 51.4 Å². The summed E-state index contributed by atoms with van der Waals surface area (Å²) in [6.45, 7) is 12.0. The Morgan fingerprint density at radius 3 is 1.43 bits per heavy atom. The van der Waals surface area contributed by atoms with Gasteiger partial charge in [-0.25, -0.2) is 45.7 Å². The molecule has 4 amide bonds.